The molecule has 3 rings (SSSR count). The Morgan fingerprint density at radius 3 is 2.41 bits per heavy atom. The van der Waals surface area contributed by atoms with Gasteiger partial charge in [0.15, 0.2) is 0 Å². The highest BCUT2D eigenvalue weighted by molar-refractivity contribution is 5.86. The molecule has 2 aromatic carbocycles. The number of halogens is 3. The van der Waals surface area contributed by atoms with Crippen molar-refractivity contribution >= 4 is 11.0 Å². The molecule has 0 unspecified atom stereocenters. The summed E-state index contributed by atoms with van der Waals surface area (Å²) in [7, 11) is 0. The first-order valence-electron chi connectivity index (χ1n) is 8.10. The molecule has 5 nitrogen and oxygen atoms in total. The van der Waals surface area contributed by atoms with Gasteiger partial charge in [0.25, 0.3) is 0 Å². The molecule has 0 amide bonds. The van der Waals surface area contributed by atoms with Crippen LogP contribution in [0.4, 0.5) is 13.2 Å². The number of hydrogen-bond donors (Lipinski definition) is 3. The van der Waals surface area contributed by atoms with Gasteiger partial charge < -0.3 is 19.9 Å². The highest BCUT2D eigenvalue weighted by atomic mass is 19.4. The van der Waals surface area contributed by atoms with E-state index in [1.807, 2.05) is 0 Å². The number of rotatable bonds is 5. The Morgan fingerprint density at radius 2 is 1.78 bits per heavy atom. The molecule has 0 saturated heterocycles. The van der Waals surface area contributed by atoms with E-state index in [-0.39, 0.29) is 47.5 Å². The molecular weight excluding hydrogens is 363 g/mol. The van der Waals surface area contributed by atoms with Gasteiger partial charge in [-0.3, -0.25) is 4.79 Å². The largest absolute Gasteiger partial charge is 0.507 e. The van der Waals surface area contributed by atoms with E-state index in [1.165, 1.54) is 36.4 Å². The van der Waals surface area contributed by atoms with Crippen molar-refractivity contribution in [3.05, 3.63) is 64.0 Å². The topological polar surface area (TPSA) is 82.7 Å². The number of nitrogens with one attached hydrogen (secondary N) is 1. The van der Waals surface area contributed by atoms with Crippen LogP contribution in [0.25, 0.3) is 22.1 Å². The highest BCUT2D eigenvalue weighted by Crippen LogP contribution is 2.38. The van der Waals surface area contributed by atoms with Crippen LogP contribution in [0.15, 0.2) is 51.7 Å². The second-order valence-electron chi connectivity index (χ2n) is 5.84. The summed E-state index contributed by atoms with van der Waals surface area (Å²) in [6.07, 6.45) is -4.90. The lowest BCUT2D eigenvalue weighted by Gasteiger charge is -2.15. The van der Waals surface area contributed by atoms with Gasteiger partial charge in [0, 0.05) is 13.1 Å². The normalized spacial score (nSPS) is 11.9. The zero-order valence-electron chi connectivity index (χ0n) is 14.0. The Balaban J connectivity index is 2.34. The molecule has 27 heavy (non-hydrogen) atoms. The van der Waals surface area contributed by atoms with Gasteiger partial charge in [-0.05, 0) is 17.7 Å². The number of aromatic hydroxyl groups is 1. The molecule has 0 aliphatic carbocycles. The Kier molecular flexibility index (Phi) is 5.20. The van der Waals surface area contributed by atoms with Crippen LogP contribution < -0.4 is 10.7 Å². The van der Waals surface area contributed by atoms with E-state index in [4.69, 9.17) is 9.52 Å². The Hall–Kier alpha value is -2.84. The smallest absolute Gasteiger partial charge is 0.450 e. The monoisotopic (exact) mass is 379 g/mol. The van der Waals surface area contributed by atoms with Gasteiger partial charge >= 0.3 is 6.18 Å². The molecule has 0 bridgehead atoms. The number of benzene rings is 2. The summed E-state index contributed by atoms with van der Waals surface area (Å²) in [5.41, 5.74) is -1.64. The standard InChI is InChI=1S/C19H16F3NO4/c20-19(21,22)18-15(11-4-2-1-3-5-11)16(26)12-6-7-14(25)13(17(12)27-18)10-23-8-9-24/h1-7,23-25H,8-10H2. The molecule has 0 saturated carbocycles. The molecule has 0 aliphatic rings. The van der Waals surface area contributed by atoms with Crippen molar-refractivity contribution in [2.45, 2.75) is 12.7 Å². The van der Waals surface area contributed by atoms with Crippen molar-refractivity contribution < 1.29 is 27.8 Å². The van der Waals surface area contributed by atoms with Gasteiger partial charge in [0.2, 0.25) is 11.2 Å². The van der Waals surface area contributed by atoms with Gasteiger partial charge in [-0.1, -0.05) is 30.3 Å². The molecule has 0 spiro atoms. The lowest BCUT2D eigenvalue weighted by atomic mass is 10.00. The number of aliphatic hydroxyl groups is 1. The van der Waals surface area contributed by atoms with Crippen molar-refractivity contribution in [3.8, 4) is 16.9 Å². The Labute approximate surface area is 151 Å². The Morgan fingerprint density at radius 1 is 1.07 bits per heavy atom. The first-order valence-corrected chi connectivity index (χ1v) is 8.10. The minimum absolute atomic E-state index is 0.0168. The highest BCUT2D eigenvalue weighted by Gasteiger charge is 2.39. The van der Waals surface area contributed by atoms with Crippen LogP contribution >= 0.6 is 0 Å². The predicted octanol–water partition coefficient (Wildman–Crippen LogP) is 3.27. The zero-order valence-corrected chi connectivity index (χ0v) is 14.0. The van der Waals surface area contributed by atoms with Crippen LogP contribution in [0.2, 0.25) is 0 Å². The maximum absolute atomic E-state index is 13.6. The molecule has 3 N–H and O–H groups in total. The summed E-state index contributed by atoms with van der Waals surface area (Å²) < 4.78 is 46.1. The van der Waals surface area contributed by atoms with Crippen LogP contribution in [0.3, 0.4) is 0 Å². The molecule has 0 fully saturated rings. The first kappa shape index (κ1) is 18.9. The summed E-state index contributed by atoms with van der Waals surface area (Å²) in [5, 5.41) is 21.6. The molecule has 3 aromatic rings. The molecular formula is C19H16F3NO4. The average molecular weight is 379 g/mol. The van der Waals surface area contributed by atoms with Crippen molar-refractivity contribution in [1.29, 1.82) is 0 Å². The van der Waals surface area contributed by atoms with Crippen molar-refractivity contribution in [2.75, 3.05) is 13.2 Å². The second kappa shape index (κ2) is 7.42. The van der Waals surface area contributed by atoms with E-state index in [1.54, 1.807) is 6.07 Å². The first-order chi connectivity index (χ1) is 12.8. The molecule has 1 heterocycles. The Bertz CT molecular complexity index is 1010. The lowest BCUT2D eigenvalue weighted by molar-refractivity contribution is -0.152. The molecule has 142 valence electrons. The SMILES string of the molecule is O=c1c(-c2ccccc2)c(C(F)(F)F)oc2c(CNCCO)c(O)ccc12. The minimum atomic E-state index is -4.90. The van der Waals surface area contributed by atoms with Gasteiger partial charge in [-0.2, -0.15) is 13.2 Å². The van der Waals surface area contributed by atoms with Crippen molar-refractivity contribution in [3.63, 3.8) is 0 Å². The van der Waals surface area contributed by atoms with Crippen LogP contribution in [-0.4, -0.2) is 23.4 Å². The van der Waals surface area contributed by atoms with Gasteiger partial charge in [-0.25, -0.2) is 0 Å². The summed E-state index contributed by atoms with van der Waals surface area (Å²) in [5.74, 6) is -1.73. The number of fused-ring (bicyclic) bond motifs is 1. The van der Waals surface area contributed by atoms with Gasteiger partial charge in [0.05, 0.1) is 23.1 Å². The molecule has 0 aliphatic heterocycles. The fourth-order valence-electron chi connectivity index (χ4n) is 2.83. The maximum Gasteiger partial charge on any atom is 0.450 e. The summed E-state index contributed by atoms with van der Waals surface area (Å²) in [4.78, 5) is 12.9. The fourth-order valence-corrected chi connectivity index (χ4v) is 2.83. The van der Waals surface area contributed by atoms with Crippen LogP contribution in [0.5, 0.6) is 5.75 Å². The zero-order chi connectivity index (χ0) is 19.6. The van der Waals surface area contributed by atoms with E-state index in [0.29, 0.717) is 0 Å². The molecule has 8 heteroatoms. The fraction of sp³-hybridized carbons (Fsp3) is 0.211. The quantitative estimate of drug-likeness (QED) is 0.593. The number of hydrogen-bond acceptors (Lipinski definition) is 5. The van der Waals surface area contributed by atoms with Crippen LogP contribution in [-0.2, 0) is 12.7 Å². The molecule has 0 atom stereocenters. The second-order valence-corrected chi connectivity index (χ2v) is 5.84. The number of phenolic OH excluding ortho intramolecular Hbond substituents is 1. The van der Waals surface area contributed by atoms with Crippen molar-refractivity contribution in [1.82, 2.24) is 5.32 Å². The minimum Gasteiger partial charge on any atom is -0.507 e. The number of aliphatic hydroxyl groups excluding tert-OH is 1. The van der Waals surface area contributed by atoms with E-state index < -0.39 is 22.9 Å². The third kappa shape index (κ3) is 3.67. The maximum atomic E-state index is 13.6. The summed E-state index contributed by atoms with van der Waals surface area (Å²) in [6.45, 7) is -0.107. The van der Waals surface area contributed by atoms with Crippen LogP contribution in [0.1, 0.15) is 11.3 Å². The third-order valence-corrected chi connectivity index (χ3v) is 4.05. The average Bonchev–Trinajstić information content (AvgIpc) is 2.63. The van der Waals surface area contributed by atoms with Gasteiger partial charge in [-0.15, -0.1) is 0 Å². The van der Waals surface area contributed by atoms with E-state index >= 15 is 0 Å². The van der Waals surface area contributed by atoms with Crippen LogP contribution in [0, 0.1) is 0 Å². The summed E-state index contributed by atoms with van der Waals surface area (Å²) >= 11 is 0. The van der Waals surface area contributed by atoms with E-state index in [9.17, 15) is 23.1 Å². The third-order valence-electron chi connectivity index (χ3n) is 4.05. The van der Waals surface area contributed by atoms with Crippen molar-refractivity contribution in [2.24, 2.45) is 0 Å². The number of phenols is 1. The molecule has 0 radical (unpaired) electrons. The van der Waals surface area contributed by atoms with E-state index in [2.05, 4.69) is 5.32 Å². The van der Waals surface area contributed by atoms with E-state index in [0.717, 1.165) is 0 Å². The lowest BCUT2D eigenvalue weighted by Crippen LogP contribution is -2.19. The predicted molar refractivity (Wildman–Crippen MR) is 93.4 cm³/mol. The van der Waals surface area contributed by atoms with Gasteiger partial charge in [0.1, 0.15) is 11.3 Å². The molecule has 1 aromatic heterocycles. The number of alkyl halides is 3. The summed E-state index contributed by atoms with van der Waals surface area (Å²) in [6, 6.07) is 9.95.